The second-order valence-corrected chi connectivity index (χ2v) is 9.48. The van der Waals surface area contributed by atoms with Gasteiger partial charge in [-0.25, -0.2) is 0 Å². The number of nitrogens with one attached hydrogen (secondary N) is 1. The molecule has 2 saturated heterocycles. The minimum absolute atomic E-state index is 0.00996. The van der Waals surface area contributed by atoms with Crippen molar-refractivity contribution in [1.82, 2.24) is 5.32 Å². The Bertz CT molecular complexity index is 816. The number of carboxylic acids is 1. The lowest BCUT2D eigenvalue weighted by Crippen LogP contribution is -2.50. The summed E-state index contributed by atoms with van der Waals surface area (Å²) in [5, 5.41) is 31.6. The molecule has 1 amide bonds. The van der Waals surface area contributed by atoms with Crippen LogP contribution in [0.15, 0.2) is 48.1 Å². The van der Waals surface area contributed by atoms with Crippen molar-refractivity contribution in [3.63, 3.8) is 0 Å². The van der Waals surface area contributed by atoms with Gasteiger partial charge in [0.1, 0.15) is 12.2 Å². The maximum atomic E-state index is 12.0. The number of carbonyl (C=O) groups is 2. The minimum Gasteiger partial charge on any atom is -0.481 e. The van der Waals surface area contributed by atoms with Gasteiger partial charge in [-0.15, -0.1) is 0 Å². The topological polar surface area (TPSA) is 125 Å². The first-order chi connectivity index (χ1) is 16.0. The predicted molar refractivity (Wildman–Crippen MR) is 129 cm³/mol. The van der Waals surface area contributed by atoms with Crippen molar-refractivity contribution in [2.45, 2.75) is 96.0 Å². The van der Waals surface area contributed by atoms with Crippen LogP contribution in [-0.2, 0) is 19.1 Å². The highest BCUT2D eigenvalue weighted by atomic mass is 16.5. The Labute approximate surface area is 202 Å². The van der Waals surface area contributed by atoms with Crippen LogP contribution in [0.25, 0.3) is 0 Å². The van der Waals surface area contributed by atoms with Crippen molar-refractivity contribution in [2.24, 2.45) is 5.92 Å². The third-order valence-corrected chi connectivity index (χ3v) is 6.26. The van der Waals surface area contributed by atoms with Crippen LogP contribution in [0.3, 0.4) is 0 Å². The summed E-state index contributed by atoms with van der Waals surface area (Å²) in [6.07, 6.45) is 7.36. The predicted octanol–water partition coefficient (Wildman–Crippen LogP) is 2.66. The van der Waals surface area contributed by atoms with E-state index >= 15 is 0 Å². The molecule has 0 aromatic rings. The van der Waals surface area contributed by atoms with Crippen LogP contribution in [0.4, 0.5) is 0 Å². The summed E-state index contributed by atoms with van der Waals surface area (Å²) >= 11 is 0. The molecule has 0 saturated carbocycles. The molecule has 0 aromatic heterocycles. The van der Waals surface area contributed by atoms with Gasteiger partial charge in [-0.1, -0.05) is 43.4 Å². The summed E-state index contributed by atoms with van der Waals surface area (Å²) in [6.45, 7) is 11.4. The molecule has 8 heteroatoms. The van der Waals surface area contributed by atoms with Gasteiger partial charge in [0.05, 0.1) is 36.9 Å². The van der Waals surface area contributed by atoms with Gasteiger partial charge in [-0.3, -0.25) is 9.59 Å². The highest BCUT2D eigenvalue weighted by Gasteiger charge is 2.34. The molecule has 2 heterocycles. The van der Waals surface area contributed by atoms with Gasteiger partial charge in [0.2, 0.25) is 5.91 Å². The van der Waals surface area contributed by atoms with Crippen LogP contribution < -0.4 is 5.32 Å². The normalized spacial score (nSPS) is 33.9. The largest absolute Gasteiger partial charge is 0.481 e. The van der Waals surface area contributed by atoms with E-state index in [1.54, 1.807) is 13.0 Å². The molecule has 2 aliphatic heterocycles. The molecule has 34 heavy (non-hydrogen) atoms. The molecule has 0 aliphatic carbocycles. The monoisotopic (exact) mass is 477 g/mol. The number of hydrogen-bond acceptors (Lipinski definition) is 6. The van der Waals surface area contributed by atoms with Gasteiger partial charge >= 0.3 is 5.97 Å². The first kappa shape index (κ1) is 28.0. The van der Waals surface area contributed by atoms with Crippen molar-refractivity contribution < 1.29 is 34.4 Å². The van der Waals surface area contributed by atoms with Crippen LogP contribution in [0.2, 0.25) is 0 Å². The SMILES string of the molecule is C=C1C[C@H](CC(=O)O)O[C@H](/C=C/C(C)=C/C[C@@H]2O[C@H](C)[C@H](NC(=O)/C=C\[C@H](C)O)C[C@@H]2C)[C@@H]1O. The van der Waals surface area contributed by atoms with E-state index in [1.807, 2.05) is 19.9 Å². The molecule has 0 radical (unpaired) electrons. The van der Waals surface area contributed by atoms with Gasteiger partial charge in [0.15, 0.2) is 0 Å². The highest BCUT2D eigenvalue weighted by Crippen LogP contribution is 2.29. The van der Waals surface area contributed by atoms with E-state index < -0.39 is 30.4 Å². The average molecular weight is 478 g/mol. The average Bonchev–Trinajstić information content (AvgIpc) is 2.74. The second kappa shape index (κ2) is 13.0. The van der Waals surface area contributed by atoms with E-state index in [1.165, 1.54) is 12.2 Å². The lowest BCUT2D eigenvalue weighted by molar-refractivity contribution is -0.143. The molecule has 4 N–H and O–H groups in total. The second-order valence-electron chi connectivity index (χ2n) is 9.48. The molecule has 0 aromatic carbocycles. The zero-order valence-electron chi connectivity index (χ0n) is 20.5. The molecule has 0 spiro atoms. The fraction of sp³-hybridized carbons (Fsp3) is 0.615. The number of ether oxygens (including phenoxy) is 2. The molecule has 8 atom stereocenters. The third kappa shape index (κ3) is 8.83. The molecule has 190 valence electrons. The number of aliphatic hydroxyl groups is 2. The Hall–Kier alpha value is -2.26. The van der Waals surface area contributed by atoms with Crippen molar-refractivity contribution in [3.8, 4) is 0 Å². The fourth-order valence-electron chi connectivity index (χ4n) is 4.24. The Morgan fingerprint density at radius 3 is 2.62 bits per heavy atom. The van der Waals surface area contributed by atoms with Crippen LogP contribution >= 0.6 is 0 Å². The first-order valence-electron chi connectivity index (χ1n) is 11.9. The standard InChI is InChI=1S/C26H39NO7/c1-15(7-10-23-26(32)17(3)12-20(34-23)14-25(30)31)6-9-22-16(2)13-21(19(5)33-22)27-24(29)11-8-18(4)28/h6-8,10-11,16,18-23,26,28,32H,3,9,12-14H2,1-2,4-5H3,(H,27,29)(H,30,31)/b10-7+,11-8-,15-6+/t16-,18-,19+,20+,21+,22-,23+,26+/m0/s1. The van der Waals surface area contributed by atoms with E-state index in [4.69, 9.17) is 14.6 Å². The summed E-state index contributed by atoms with van der Waals surface area (Å²) in [5.41, 5.74) is 1.55. The Kier molecular flexibility index (Phi) is 10.7. The van der Waals surface area contributed by atoms with Crippen molar-refractivity contribution >= 4 is 11.9 Å². The Morgan fingerprint density at radius 2 is 1.97 bits per heavy atom. The van der Waals surface area contributed by atoms with Gasteiger partial charge < -0.3 is 30.1 Å². The van der Waals surface area contributed by atoms with Gasteiger partial charge in [0.25, 0.3) is 0 Å². The first-order valence-corrected chi connectivity index (χ1v) is 11.9. The highest BCUT2D eigenvalue weighted by molar-refractivity contribution is 5.87. The Balaban J connectivity index is 1.90. The number of allylic oxidation sites excluding steroid dienone is 2. The van der Waals surface area contributed by atoms with Gasteiger partial charge in [-0.05, 0) is 51.5 Å². The molecule has 2 fully saturated rings. The maximum absolute atomic E-state index is 12.0. The number of carbonyl (C=O) groups excluding carboxylic acids is 1. The summed E-state index contributed by atoms with van der Waals surface area (Å²) in [5.74, 6) is -0.950. The van der Waals surface area contributed by atoms with Crippen molar-refractivity contribution in [2.75, 3.05) is 0 Å². The molecule has 0 bridgehead atoms. The van der Waals surface area contributed by atoms with Gasteiger partial charge in [-0.2, -0.15) is 0 Å². The smallest absolute Gasteiger partial charge is 0.305 e. The molecule has 8 nitrogen and oxygen atoms in total. The number of rotatable bonds is 9. The number of amides is 1. The molecular formula is C26H39NO7. The lowest BCUT2D eigenvalue weighted by Gasteiger charge is -2.39. The summed E-state index contributed by atoms with van der Waals surface area (Å²) < 4.78 is 11.9. The molecular weight excluding hydrogens is 438 g/mol. The van der Waals surface area contributed by atoms with Crippen LogP contribution in [-0.4, -0.2) is 69.9 Å². The number of carboxylic acid groups (broad SMARTS) is 1. The van der Waals surface area contributed by atoms with Crippen molar-refractivity contribution in [3.05, 3.63) is 48.1 Å². The molecule has 2 aliphatic rings. The van der Waals surface area contributed by atoms with E-state index in [0.29, 0.717) is 18.4 Å². The summed E-state index contributed by atoms with van der Waals surface area (Å²) in [6, 6.07) is -0.0980. The third-order valence-electron chi connectivity index (χ3n) is 6.26. The minimum atomic E-state index is -0.943. The molecule has 0 unspecified atom stereocenters. The number of aliphatic carboxylic acids is 1. The van der Waals surface area contributed by atoms with Crippen LogP contribution in [0.5, 0.6) is 0 Å². The zero-order valence-corrected chi connectivity index (χ0v) is 20.5. The van der Waals surface area contributed by atoms with Gasteiger partial charge in [0, 0.05) is 6.08 Å². The zero-order chi connectivity index (χ0) is 25.4. The van der Waals surface area contributed by atoms with E-state index in [9.17, 15) is 19.8 Å². The Morgan fingerprint density at radius 1 is 1.26 bits per heavy atom. The van der Waals surface area contributed by atoms with E-state index in [-0.39, 0.29) is 36.5 Å². The van der Waals surface area contributed by atoms with Crippen molar-refractivity contribution in [1.29, 1.82) is 0 Å². The fourth-order valence-corrected chi connectivity index (χ4v) is 4.24. The molecule has 2 rings (SSSR count). The van der Waals surface area contributed by atoms with E-state index in [2.05, 4.69) is 24.9 Å². The summed E-state index contributed by atoms with van der Waals surface area (Å²) in [4.78, 5) is 23.0. The van der Waals surface area contributed by atoms with Crippen LogP contribution in [0, 0.1) is 5.92 Å². The van der Waals surface area contributed by atoms with Crippen LogP contribution in [0.1, 0.15) is 53.4 Å². The van der Waals surface area contributed by atoms with E-state index in [0.717, 1.165) is 12.0 Å². The number of aliphatic hydroxyl groups excluding tert-OH is 2. The summed E-state index contributed by atoms with van der Waals surface area (Å²) in [7, 11) is 0. The quantitative estimate of drug-likeness (QED) is 0.229. The maximum Gasteiger partial charge on any atom is 0.305 e. The number of hydrogen-bond donors (Lipinski definition) is 4. The lowest BCUT2D eigenvalue weighted by atomic mass is 9.88.